The lowest BCUT2D eigenvalue weighted by Crippen LogP contribution is -2.45. The van der Waals surface area contributed by atoms with Crippen molar-refractivity contribution in [2.45, 2.75) is 32.8 Å². The van der Waals surface area contributed by atoms with Gasteiger partial charge in [-0.2, -0.15) is 0 Å². The number of esters is 1. The second-order valence-electron chi connectivity index (χ2n) is 6.04. The van der Waals surface area contributed by atoms with Crippen LogP contribution in [0.4, 0.5) is 0 Å². The van der Waals surface area contributed by atoms with E-state index >= 15 is 0 Å². The maximum atomic E-state index is 12.3. The number of rotatable bonds is 2. The number of ether oxygens (including phenoxy) is 1. The van der Waals surface area contributed by atoms with Gasteiger partial charge in [0.15, 0.2) is 0 Å². The summed E-state index contributed by atoms with van der Waals surface area (Å²) in [5.74, 6) is -0.560. The predicted molar refractivity (Wildman–Crippen MR) is 78.6 cm³/mol. The summed E-state index contributed by atoms with van der Waals surface area (Å²) >= 11 is 0. The Balaban J connectivity index is 2.31. The molecular weight excluding hydrogens is 252 g/mol. The molecule has 3 nitrogen and oxygen atoms in total. The Morgan fingerprint density at radius 1 is 1.25 bits per heavy atom. The van der Waals surface area contributed by atoms with E-state index in [1.165, 1.54) is 6.07 Å². The molecule has 1 aliphatic rings. The van der Waals surface area contributed by atoms with Crippen molar-refractivity contribution >= 4 is 5.97 Å². The Kier molecular flexibility index (Phi) is 3.71. The van der Waals surface area contributed by atoms with Crippen LogP contribution in [-0.4, -0.2) is 16.7 Å². The van der Waals surface area contributed by atoms with Gasteiger partial charge in [0.2, 0.25) is 0 Å². The van der Waals surface area contributed by atoms with Gasteiger partial charge in [0.1, 0.15) is 16.9 Å². The second-order valence-corrected chi connectivity index (χ2v) is 6.04. The molecule has 0 saturated heterocycles. The van der Waals surface area contributed by atoms with E-state index in [-0.39, 0.29) is 16.7 Å². The van der Waals surface area contributed by atoms with Crippen LogP contribution in [0.2, 0.25) is 0 Å². The zero-order valence-electron chi connectivity index (χ0n) is 12.1. The van der Waals surface area contributed by atoms with Gasteiger partial charge < -0.3 is 9.84 Å². The van der Waals surface area contributed by atoms with Gasteiger partial charge in [-0.1, -0.05) is 51.1 Å². The minimum absolute atomic E-state index is 0.0584. The third kappa shape index (κ3) is 2.62. The van der Waals surface area contributed by atoms with E-state index in [4.69, 9.17) is 4.74 Å². The first-order valence-corrected chi connectivity index (χ1v) is 6.71. The molecule has 1 aromatic rings. The number of aromatic hydroxyl groups is 1. The lowest BCUT2D eigenvalue weighted by Gasteiger charge is -2.42. The largest absolute Gasteiger partial charge is 0.507 e. The molecule has 0 fully saturated rings. The first kappa shape index (κ1) is 14.4. The first-order chi connectivity index (χ1) is 9.36. The molecule has 1 N–H and O–H groups in total. The van der Waals surface area contributed by atoms with E-state index in [0.29, 0.717) is 6.42 Å². The van der Waals surface area contributed by atoms with Crippen molar-refractivity contribution < 1.29 is 14.6 Å². The smallest absolute Gasteiger partial charge is 0.342 e. The molecule has 0 heterocycles. The molecule has 0 aromatic heterocycles. The SMILES string of the molecule is CC(C)(C)C1(OC(=O)c2ccccc2O)C=CC=CC1. The van der Waals surface area contributed by atoms with Crippen molar-refractivity contribution in [1.82, 2.24) is 0 Å². The van der Waals surface area contributed by atoms with Crippen molar-refractivity contribution in [1.29, 1.82) is 0 Å². The molecule has 0 amide bonds. The Morgan fingerprint density at radius 2 is 1.95 bits per heavy atom. The molecule has 106 valence electrons. The fourth-order valence-electron chi connectivity index (χ4n) is 2.25. The predicted octanol–water partition coefficient (Wildman–Crippen LogP) is 3.85. The van der Waals surface area contributed by atoms with E-state index in [9.17, 15) is 9.90 Å². The number of phenols is 1. The van der Waals surface area contributed by atoms with Gasteiger partial charge in [-0.05, 0) is 18.2 Å². The monoisotopic (exact) mass is 272 g/mol. The van der Waals surface area contributed by atoms with Crippen LogP contribution in [0.25, 0.3) is 0 Å². The minimum atomic E-state index is -0.693. The lowest BCUT2D eigenvalue weighted by atomic mass is 9.72. The van der Waals surface area contributed by atoms with Crippen LogP contribution in [0.15, 0.2) is 48.6 Å². The van der Waals surface area contributed by atoms with Gasteiger partial charge in [-0.25, -0.2) is 4.79 Å². The minimum Gasteiger partial charge on any atom is -0.507 e. The molecule has 3 heteroatoms. The number of benzene rings is 1. The third-order valence-electron chi connectivity index (χ3n) is 3.70. The number of para-hydroxylation sites is 1. The third-order valence-corrected chi connectivity index (χ3v) is 3.70. The number of carbonyl (C=O) groups is 1. The van der Waals surface area contributed by atoms with Crippen molar-refractivity contribution in [2.24, 2.45) is 5.41 Å². The van der Waals surface area contributed by atoms with Crippen molar-refractivity contribution in [3.63, 3.8) is 0 Å². The molecule has 0 bridgehead atoms. The highest BCUT2D eigenvalue weighted by Crippen LogP contribution is 2.41. The van der Waals surface area contributed by atoms with Gasteiger partial charge in [0.25, 0.3) is 0 Å². The second kappa shape index (κ2) is 5.16. The normalized spacial score (nSPS) is 21.8. The molecule has 0 radical (unpaired) electrons. The summed E-state index contributed by atoms with van der Waals surface area (Å²) in [6.07, 6.45) is 8.38. The molecule has 0 saturated carbocycles. The fraction of sp³-hybridized carbons (Fsp3) is 0.353. The average Bonchev–Trinajstić information content (AvgIpc) is 2.39. The van der Waals surface area contributed by atoms with Gasteiger partial charge in [-0.3, -0.25) is 0 Å². The number of carbonyl (C=O) groups excluding carboxylic acids is 1. The van der Waals surface area contributed by atoms with Crippen molar-refractivity contribution in [2.75, 3.05) is 0 Å². The van der Waals surface area contributed by atoms with Crippen LogP contribution in [0, 0.1) is 5.41 Å². The molecule has 1 unspecified atom stereocenters. The topological polar surface area (TPSA) is 46.5 Å². The highest BCUT2D eigenvalue weighted by atomic mass is 16.6. The molecule has 20 heavy (non-hydrogen) atoms. The molecule has 1 aliphatic carbocycles. The van der Waals surface area contributed by atoms with E-state index in [1.807, 2.05) is 45.1 Å². The Hall–Kier alpha value is -2.03. The zero-order chi connectivity index (χ0) is 14.8. The first-order valence-electron chi connectivity index (χ1n) is 6.71. The van der Waals surface area contributed by atoms with Gasteiger partial charge in [0.05, 0.1) is 0 Å². The number of hydrogen-bond acceptors (Lipinski definition) is 3. The van der Waals surface area contributed by atoms with Crippen LogP contribution >= 0.6 is 0 Å². The molecule has 0 spiro atoms. The van der Waals surface area contributed by atoms with E-state index < -0.39 is 11.6 Å². The highest BCUT2D eigenvalue weighted by molar-refractivity contribution is 5.92. The maximum Gasteiger partial charge on any atom is 0.342 e. The number of allylic oxidation sites excluding steroid dienone is 2. The summed E-state index contributed by atoms with van der Waals surface area (Å²) in [5, 5.41) is 9.76. The van der Waals surface area contributed by atoms with E-state index in [1.54, 1.807) is 18.2 Å². The Bertz CT molecular complexity index is 564. The van der Waals surface area contributed by atoms with Crippen LogP contribution in [-0.2, 0) is 4.74 Å². The lowest BCUT2D eigenvalue weighted by molar-refractivity contribution is -0.0469. The number of hydrogen-bond donors (Lipinski definition) is 1. The van der Waals surface area contributed by atoms with Crippen LogP contribution in [0.3, 0.4) is 0 Å². The fourth-order valence-corrected chi connectivity index (χ4v) is 2.25. The standard InChI is InChI=1S/C17H20O3/c1-16(2,3)17(11-7-4-8-12-17)20-15(19)13-9-5-6-10-14(13)18/h4-11,18H,12H2,1-3H3. The zero-order valence-corrected chi connectivity index (χ0v) is 12.1. The van der Waals surface area contributed by atoms with Gasteiger partial charge in [-0.15, -0.1) is 0 Å². The molecule has 2 rings (SSSR count). The summed E-state index contributed by atoms with van der Waals surface area (Å²) in [7, 11) is 0. The van der Waals surface area contributed by atoms with E-state index in [0.717, 1.165) is 0 Å². The Morgan fingerprint density at radius 3 is 2.50 bits per heavy atom. The van der Waals surface area contributed by atoms with Crippen LogP contribution < -0.4 is 0 Å². The highest BCUT2D eigenvalue weighted by Gasteiger charge is 2.43. The van der Waals surface area contributed by atoms with Crippen molar-refractivity contribution in [3.8, 4) is 5.75 Å². The maximum absolute atomic E-state index is 12.3. The average molecular weight is 272 g/mol. The molecule has 1 atom stereocenters. The van der Waals surface area contributed by atoms with Crippen molar-refractivity contribution in [3.05, 3.63) is 54.1 Å². The van der Waals surface area contributed by atoms with Crippen LogP contribution in [0.1, 0.15) is 37.6 Å². The Labute approximate surface area is 119 Å². The van der Waals surface area contributed by atoms with Gasteiger partial charge in [0, 0.05) is 11.8 Å². The molecule has 1 aromatic carbocycles. The van der Waals surface area contributed by atoms with Gasteiger partial charge >= 0.3 is 5.97 Å². The summed E-state index contributed by atoms with van der Waals surface area (Å²) in [5.41, 5.74) is -0.741. The van der Waals surface area contributed by atoms with E-state index in [2.05, 4.69) is 0 Å². The summed E-state index contributed by atoms with van der Waals surface area (Å²) in [6, 6.07) is 6.43. The number of phenolic OH excluding ortho intramolecular Hbond substituents is 1. The quantitative estimate of drug-likeness (QED) is 0.832. The van der Waals surface area contributed by atoms with Crippen LogP contribution in [0.5, 0.6) is 5.75 Å². The summed E-state index contributed by atoms with van der Waals surface area (Å²) in [6.45, 7) is 6.11. The molecule has 0 aliphatic heterocycles. The summed E-state index contributed by atoms with van der Waals surface area (Å²) < 4.78 is 5.77. The summed E-state index contributed by atoms with van der Waals surface area (Å²) in [4.78, 5) is 12.3. The molecular formula is C17H20O3.